The molecule has 0 fully saturated rings. The zero-order chi connectivity index (χ0) is 15.0. The Balaban J connectivity index is 2.04. The van der Waals surface area contributed by atoms with Crippen molar-refractivity contribution in [3.8, 4) is 29.0 Å². The fourth-order valence-corrected chi connectivity index (χ4v) is 2.75. The Hall–Kier alpha value is -2.39. The molecule has 1 aromatic carbocycles. The molecule has 0 spiro atoms. The SMILES string of the molecule is Cc1ccc(-c2noc(-c3cc(C#N)cn3C)n2)c(Br)c1. The fourth-order valence-electron chi connectivity index (χ4n) is 2.08. The van der Waals surface area contributed by atoms with Crippen LogP contribution >= 0.6 is 15.9 Å². The summed E-state index contributed by atoms with van der Waals surface area (Å²) in [6.45, 7) is 2.02. The highest BCUT2D eigenvalue weighted by molar-refractivity contribution is 9.10. The first kappa shape index (κ1) is 13.6. The molecule has 0 amide bonds. The number of nitriles is 1. The molecule has 0 atom stereocenters. The molecule has 3 rings (SSSR count). The minimum absolute atomic E-state index is 0.390. The molecular formula is C15H11BrN4O. The van der Waals surface area contributed by atoms with Crippen molar-refractivity contribution in [2.45, 2.75) is 6.92 Å². The molecule has 0 aliphatic carbocycles. The second-order valence-corrected chi connectivity index (χ2v) is 5.60. The van der Waals surface area contributed by atoms with Gasteiger partial charge in [-0.05, 0) is 30.7 Å². The van der Waals surface area contributed by atoms with Crippen molar-refractivity contribution in [1.82, 2.24) is 14.7 Å². The van der Waals surface area contributed by atoms with Crippen molar-refractivity contribution in [2.75, 3.05) is 0 Å². The molecule has 2 heterocycles. The van der Waals surface area contributed by atoms with E-state index < -0.39 is 0 Å². The third-order valence-electron chi connectivity index (χ3n) is 3.14. The molecule has 104 valence electrons. The van der Waals surface area contributed by atoms with Crippen LogP contribution in [0.2, 0.25) is 0 Å². The van der Waals surface area contributed by atoms with Crippen molar-refractivity contribution in [3.05, 3.63) is 46.1 Å². The molecule has 2 aromatic heterocycles. The lowest BCUT2D eigenvalue weighted by molar-refractivity contribution is 0.429. The average Bonchev–Trinajstić information content (AvgIpc) is 3.05. The average molecular weight is 343 g/mol. The lowest BCUT2D eigenvalue weighted by Gasteiger charge is -2.00. The summed E-state index contributed by atoms with van der Waals surface area (Å²) in [6.07, 6.45) is 1.72. The number of rotatable bonds is 2. The van der Waals surface area contributed by atoms with Crippen LogP contribution in [0.15, 0.2) is 39.5 Å². The van der Waals surface area contributed by atoms with Crippen LogP contribution in [-0.2, 0) is 7.05 Å². The summed E-state index contributed by atoms with van der Waals surface area (Å²) in [4.78, 5) is 4.41. The van der Waals surface area contributed by atoms with Gasteiger partial charge in [0.2, 0.25) is 5.82 Å². The maximum absolute atomic E-state index is 8.93. The van der Waals surface area contributed by atoms with Crippen LogP contribution in [0.1, 0.15) is 11.1 Å². The first-order chi connectivity index (χ1) is 10.1. The van der Waals surface area contributed by atoms with Gasteiger partial charge in [-0.25, -0.2) is 0 Å². The number of aryl methyl sites for hydroxylation is 2. The van der Waals surface area contributed by atoms with Crippen LogP contribution in [0.3, 0.4) is 0 Å². The van der Waals surface area contributed by atoms with Crippen LogP contribution < -0.4 is 0 Å². The highest BCUT2D eigenvalue weighted by Crippen LogP contribution is 2.29. The van der Waals surface area contributed by atoms with Gasteiger partial charge in [-0.2, -0.15) is 10.2 Å². The summed E-state index contributed by atoms with van der Waals surface area (Å²) < 4.78 is 8.02. The molecule has 5 nitrogen and oxygen atoms in total. The zero-order valence-electron chi connectivity index (χ0n) is 11.5. The van der Waals surface area contributed by atoms with Crippen LogP contribution in [-0.4, -0.2) is 14.7 Å². The molecule has 0 unspecified atom stereocenters. The fraction of sp³-hybridized carbons (Fsp3) is 0.133. The molecule has 0 N–H and O–H groups in total. The van der Waals surface area contributed by atoms with Crippen molar-refractivity contribution < 1.29 is 4.52 Å². The molecule has 0 aliphatic rings. The minimum atomic E-state index is 0.390. The lowest BCUT2D eigenvalue weighted by Crippen LogP contribution is -1.89. The summed E-state index contributed by atoms with van der Waals surface area (Å²) in [5.74, 6) is 0.901. The van der Waals surface area contributed by atoms with E-state index in [0.717, 1.165) is 15.6 Å². The quantitative estimate of drug-likeness (QED) is 0.712. The van der Waals surface area contributed by atoms with Crippen LogP contribution in [0.25, 0.3) is 23.0 Å². The van der Waals surface area contributed by atoms with Gasteiger partial charge in [0.15, 0.2) is 0 Å². The van der Waals surface area contributed by atoms with Gasteiger partial charge >= 0.3 is 0 Å². The van der Waals surface area contributed by atoms with E-state index in [0.29, 0.717) is 23.0 Å². The maximum Gasteiger partial charge on any atom is 0.274 e. The second kappa shape index (κ2) is 5.19. The van der Waals surface area contributed by atoms with Crippen molar-refractivity contribution >= 4 is 15.9 Å². The van der Waals surface area contributed by atoms with Gasteiger partial charge in [-0.15, -0.1) is 0 Å². The highest BCUT2D eigenvalue weighted by atomic mass is 79.9. The van der Waals surface area contributed by atoms with E-state index in [-0.39, 0.29) is 0 Å². The van der Waals surface area contributed by atoms with Crippen molar-refractivity contribution in [2.24, 2.45) is 7.05 Å². The first-order valence-corrected chi connectivity index (χ1v) is 7.05. The van der Waals surface area contributed by atoms with Crippen molar-refractivity contribution in [1.29, 1.82) is 5.26 Å². The van der Waals surface area contributed by atoms with Crippen LogP contribution in [0, 0.1) is 18.3 Å². The van der Waals surface area contributed by atoms with Gasteiger partial charge in [0.25, 0.3) is 5.89 Å². The van der Waals surface area contributed by atoms with Gasteiger partial charge in [0, 0.05) is 23.3 Å². The second-order valence-electron chi connectivity index (χ2n) is 4.74. The molecular weight excluding hydrogens is 332 g/mol. The van der Waals surface area contributed by atoms with E-state index in [1.165, 1.54) is 0 Å². The molecule has 21 heavy (non-hydrogen) atoms. The van der Waals surface area contributed by atoms with E-state index in [9.17, 15) is 0 Å². The Morgan fingerprint density at radius 1 is 1.33 bits per heavy atom. The molecule has 0 radical (unpaired) electrons. The van der Waals surface area contributed by atoms with Gasteiger partial charge in [0.1, 0.15) is 11.8 Å². The molecule has 0 aliphatic heterocycles. The lowest BCUT2D eigenvalue weighted by atomic mass is 10.1. The van der Waals surface area contributed by atoms with Crippen LogP contribution in [0.5, 0.6) is 0 Å². The number of hydrogen-bond acceptors (Lipinski definition) is 4. The number of halogens is 1. The largest absolute Gasteiger partial charge is 0.345 e. The number of benzene rings is 1. The third kappa shape index (κ3) is 2.48. The summed E-state index contributed by atoms with van der Waals surface area (Å²) in [5.41, 5.74) is 3.29. The molecule has 3 aromatic rings. The Morgan fingerprint density at radius 3 is 2.81 bits per heavy atom. The standard InChI is InChI=1S/C15H11BrN4O/c1-9-3-4-11(12(16)5-9)14-18-15(21-19-14)13-6-10(7-17)8-20(13)2/h3-6,8H,1-2H3. The Kier molecular flexibility index (Phi) is 3.35. The van der Waals surface area contributed by atoms with Gasteiger partial charge in [0.05, 0.1) is 5.56 Å². The first-order valence-electron chi connectivity index (χ1n) is 6.25. The Morgan fingerprint density at radius 2 is 2.14 bits per heavy atom. The molecule has 0 saturated carbocycles. The predicted octanol–water partition coefficient (Wildman–Crippen LogP) is 3.68. The minimum Gasteiger partial charge on any atom is -0.345 e. The number of aromatic nitrogens is 3. The van der Waals surface area contributed by atoms with Crippen molar-refractivity contribution in [3.63, 3.8) is 0 Å². The Labute approximate surface area is 130 Å². The maximum atomic E-state index is 8.93. The molecule has 0 bridgehead atoms. The zero-order valence-corrected chi connectivity index (χ0v) is 13.0. The molecule has 0 saturated heterocycles. The predicted molar refractivity (Wildman–Crippen MR) is 81.3 cm³/mol. The summed E-state index contributed by atoms with van der Waals surface area (Å²) in [7, 11) is 1.84. The number of nitrogens with zero attached hydrogens (tertiary/aromatic N) is 4. The molecule has 6 heteroatoms. The van der Waals surface area contributed by atoms with E-state index in [4.69, 9.17) is 9.78 Å². The summed E-state index contributed by atoms with van der Waals surface area (Å²) in [6, 6.07) is 9.76. The summed E-state index contributed by atoms with van der Waals surface area (Å²) in [5, 5.41) is 12.9. The van der Waals surface area contributed by atoms with Gasteiger partial charge < -0.3 is 9.09 Å². The van der Waals surface area contributed by atoms with E-state index in [1.54, 1.807) is 16.8 Å². The summed E-state index contributed by atoms with van der Waals surface area (Å²) >= 11 is 3.51. The number of hydrogen-bond donors (Lipinski definition) is 0. The van der Waals surface area contributed by atoms with E-state index in [1.807, 2.05) is 32.2 Å². The monoisotopic (exact) mass is 342 g/mol. The topological polar surface area (TPSA) is 67.6 Å². The highest BCUT2D eigenvalue weighted by Gasteiger charge is 2.16. The van der Waals surface area contributed by atoms with E-state index >= 15 is 0 Å². The van der Waals surface area contributed by atoms with Gasteiger partial charge in [-0.3, -0.25) is 0 Å². The smallest absolute Gasteiger partial charge is 0.274 e. The van der Waals surface area contributed by atoms with E-state index in [2.05, 4.69) is 32.1 Å². The normalized spacial score (nSPS) is 10.6. The third-order valence-corrected chi connectivity index (χ3v) is 3.80. The van der Waals surface area contributed by atoms with Gasteiger partial charge in [-0.1, -0.05) is 27.2 Å². The van der Waals surface area contributed by atoms with Crippen LogP contribution in [0.4, 0.5) is 0 Å². The Bertz CT molecular complexity index is 857.